The molecule has 0 spiro atoms. The number of aryl methyl sites for hydroxylation is 1. The van der Waals surface area contributed by atoms with Crippen LogP contribution in [0.25, 0.3) is 6.08 Å². The highest BCUT2D eigenvalue weighted by molar-refractivity contribution is 8.18. The molecule has 1 aliphatic rings. The van der Waals surface area contributed by atoms with Crippen molar-refractivity contribution >= 4 is 35.0 Å². The molecule has 152 valence electrons. The predicted octanol–water partition coefficient (Wildman–Crippen LogP) is 4.51. The molecule has 0 N–H and O–H groups in total. The van der Waals surface area contributed by atoms with Crippen LogP contribution in [0.5, 0.6) is 5.75 Å². The molecule has 0 atom stereocenters. The van der Waals surface area contributed by atoms with Crippen molar-refractivity contribution < 1.29 is 23.9 Å². The maximum Gasteiger partial charge on any atom is 0.326 e. The van der Waals surface area contributed by atoms with Crippen molar-refractivity contribution in [2.75, 3.05) is 13.2 Å². The van der Waals surface area contributed by atoms with E-state index in [1.807, 2.05) is 26.0 Å². The normalized spacial score (nSPS) is 15.9. The number of carbonyl (C=O) groups excluding carboxylic acids is 3. The number of esters is 1. The van der Waals surface area contributed by atoms with Gasteiger partial charge in [0, 0.05) is 0 Å². The van der Waals surface area contributed by atoms with E-state index in [1.165, 1.54) is 0 Å². The topological polar surface area (TPSA) is 72.9 Å². The Kier molecular flexibility index (Phi) is 7.29. The van der Waals surface area contributed by atoms with E-state index in [-0.39, 0.29) is 18.6 Å². The molecule has 0 bridgehead atoms. The number of rotatable bonds is 7. The van der Waals surface area contributed by atoms with Gasteiger partial charge in [0.25, 0.3) is 11.1 Å². The molecule has 2 rings (SSSR count). The predicted molar refractivity (Wildman–Crippen MR) is 110 cm³/mol. The molecule has 0 unspecified atom stereocenters. The third-order valence-electron chi connectivity index (χ3n) is 4.13. The highest BCUT2D eigenvalue weighted by atomic mass is 32.2. The summed E-state index contributed by atoms with van der Waals surface area (Å²) in [5.74, 6) is -0.000156. The summed E-state index contributed by atoms with van der Waals surface area (Å²) in [5.41, 5.74) is 2.83. The van der Waals surface area contributed by atoms with Gasteiger partial charge in [-0.05, 0) is 80.3 Å². The van der Waals surface area contributed by atoms with Gasteiger partial charge in [-0.1, -0.05) is 13.8 Å². The van der Waals surface area contributed by atoms with Gasteiger partial charge in [-0.15, -0.1) is 0 Å². The van der Waals surface area contributed by atoms with Gasteiger partial charge in [0.2, 0.25) is 0 Å². The molecule has 6 nitrogen and oxygen atoms in total. The summed E-state index contributed by atoms with van der Waals surface area (Å²) in [4.78, 5) is 37.9. The van der Waals surface area contributed by atoms with Crippen molar-refractivity contribution in [2.45, 2.75) is 53.6 Å². The Labute approximate surface area is 170 Å². The van der Waals surface area contributed by atoms with Gasteiger partial charge < -0.3 is 9.47 Å². The van der Waals surface area contributed by atoms with E-state index in [9.17, 15) is 14.4 Å². The van der Waals surface area contributed by atoms with Gasteiger partial charge in [0.05, 0.1) is 17.6 Å². The first-order valence-electron chi connectivity index (χ1n) is 9.36. The highest BCUT2D eigenvalue weighted by Crippen LogP contribution is 2.35. The van der Waals surface area contributed by atoms with Crippen LogP contribution >= 0.6 is 11.8 Å². The van der Waals surface area contributed by atoms with Crippen molar-refractivity contribution in [3.8, 4) is 5.75 Å². The fourth-order valence-corrected chi connectivity index (χ4v) is 3.64. The average molecular weight is 406 g/mol. The number of hydrogen-bond donors (Lipinski definition) is 0. The van der Waals surface area contributed by atoms with Crippen LogP contribution < -0.4 is 4.74 Å². The Morgan fingerprint density at radius 1 is 1.21 bits per heavy atom. The zero-order valence-electron chi connectivity index (χ0n) is 17.2. The number of nitrogens with zero attached hydrogens (tertiary/aromatic N) is 1. The minimum absolute atomic E-state index is 0.246. The summed E-state index contributed by atoms with van der Waals surface area (Å²) in [6.45, 7) is 11.6. The van der Waals surface area contributed by atoms with E-state index in [4.69, 9.17) is 9.47 Å². The van der Waals surface area contributed by atoms with E-state index in [1.54, 1.807) is 19.9 Å². The van der Waals surface area contributed by atoms with Crippen LogP contribution in [0.2, 0.25) is 0 Å². The molecule has 0 aliphatic carbocycles. The van der Waals surface area contributed by atoms with Crippen molar-refractivity contribution in [1.82, 2.24) is 4.90 Å². The van der Waals surface area contributed by atoms with Gasteiger partial charge >= 0.3 is 5.97 Å². The monoisotopic (exact) mass is 405 g/mol. The fourth-order valence-electron chi connectivity index (χ4n) is 2.81. The minimum Gasteiger partial charge on any atom is -0.494 e. The zero-order chi connectivity index (χ0) is 21.0. The van der Waals surface area contributed by atoms with Gasteiger partial charge in [-0.2, -0.15) is 0 Å². The van der Waals surface area contributed by atoms with Crippen LogP contribution in [0.4, 0.5) is 4.79 Å². The molecular formula is C21H27NO5S. The first-order chi connectivity index (χ1) is 13.1. The third-order valence-corrected chi connectivity index (χ3v) is 5.04. The minimum atomic E-state index is -0.599. The van der Waals surface area contributed by atoms with Crippen molar-refractivity contribution in [1.29, 1.82) is 0 Å². The van der Waals surface area contributed by atoms with Gasteiger partial charge in [0.15, 0.2) is 0 Å². The van der Waals surface area contributed by atoms with Crippen LogP contribution in [0.15, 0.2) is 17.0 Å². The largest absolute Gasteiger partial charge is 0.494 e. The molecule has 7 heteroatoms. The van der Waals surface area contributed by atoms with Crippen LogP contribution in [-0.4, -0.2) is 41.3 Å². The highest BCUT2D eigenvalue weighted by Gasteiger charge is 2.37. The lowest BCUT2D eigenvalue weighted by atomic mass is 9.96. The standard InChI is InChI=1S/C21H27NO5S/c1-7-26-17-8-14(6)15(9-16(17)12(2)3)10-18-20(24)22(21(25)28-18)11-19(23)27-13(4)5/h8-10,12-13H,7,11H2,1-6H3/b18-10+. The Hall–Kier alpha value is -2.28. The molecule has 2 amide bonds. The number of benzene rings is 1. The van der Waals surface area contributed by atoms with Gasteiger partial charge in [-0.3, -0.25) is 19.3 Å². The summed E-state index contributed by atoms with van der Waals surface area (Å²) >= 11 is 0.834. The second kappa shape index (κ2) is 9.28. The first kappa shape index (κ1) is 22.0. The number of amides is 2. The molecule has 0 aromatic heterocycles. The third kappa shape index (κ3) is 5.16. The van der Waals surface area contributed by atoms with E-state index in [2.05, 4.69) is 13.8 Å². The zero-order valence-corrected chi connectivity index (χ0v) is 18.0. The summed E-state index contributed by atoms with van der Waals surface area (Å²) in [7, 11) is 0. The quantitative estimate of drug-likeness (QED) is 0.491. The number of imide groups is 1. The van der Waals surface area contributed by atoms with E-state index in [0.29, 0.717) is 11.5 Å². The van der Waals surface area contributed by atoms with Crippen LogP contribution in [0, 0.1) is 6.92 Å². The molecule has 1 saturated heterocycles. The molecule has 0 saturated carbocycles. The molecular weight excluding hydrogens is 378 g/mol. The van der Waals surface area contributed by atoms with E-state index in [0.717, 1.165) is 39.1 Å². The summed E-state index contributed by atoms with van der Waals surface area (Å²) < 4.78 is 10.8. The van der Waals surface area contributed by atoms with Crippen LogP contribution in [0.3, 0.4) is 0 Å². The lowest BCUT2D eigenvalue weighted by Gasteiger charge is -2.16. The lowest BCUT2D eigenvalue weighted by molar-refractivity contribution is -0.149. The molecule has 1 aromatic carbocycles. The second-order valence-corrected chi connectivity index (χ2v) is 8.13. The summed E-state index contributed by atoms with van der Waals surface area (Å²) in [5, 5.41) is -0.468. The van der Waals surface area contributed by atoms with Crippen molar-refractivity contribution in [2.24, 2.45) is 0 Å². The Bertz CT molecular complexity index is 813. The van der Waals surface area contributed by atoms with Gasteiger partial charge in [-0.25, -0.2) is 0 Å². The smallest absolute Gasteiger partial charge is 0.326 e. The summed E-state index contributed by atoms with van der Waals surface area (Å²) in [6, 6.07) is 3.95. The molecule has 0 radical (unpaired) electrons. The maximum atomic E-state index is 12.6. The molecule has 1 aliphatic heterocycles. The van der Waals surface area contributed by atoms with Crippen molar-refractivity contribution in [3.63, 3.8) is 0 Å². The average Bonchev–Trinajstić information content (AvgIpc) is 2.84. The van der Waals surface area contributed by atoms with E-state index < -0.39 is 17.1 Å². The molecule has 1 aromatic rings. The number of ether oxygens (including phenoxy) is 2. The van der Waals surface area contributed by atoms with Crippen molar-refractivity contribution in [3.05, 3.63) is 33.7 Å². The van der Waals surface area contributed by atoms with E-state index >= 15 is 0 Å². The Morgan fingerprint density at radius 2 is 1.89 bits per heavy atom. The second-order valence-electron chi connectivity index (χ2n) is 7.14. The Balaban J connectivity index is 2.30. The molecule has 1 heterocycles. The molecule has 28 heavy (non-hydrogen) atoms. The van der Waals surface area contributed by atoms with Crippen LogP contribution in [-0.2, 0) is 14.3 Å². The van der Waals surface area contributed by atoms with Gasteiger partial charge in [0.1, 0.15) is 12.3 Å². The van der Waals surface area contributed by atoms with Crippen LogP contribution in [0.1, 0.15) is 57.2 Å². The SMILES string of the molecule is CCOc1cc(C)c(/C=C2/SC(=O)N(CC(=O)OC(C)C)C2=O)cc1C(C)C. The maximum absolute atomic E-state index is 12.6. The Morgan fingerprint density at radius 3 is 2.46 bits per heavy atom. The number of carbonyl (C=O) groups is 3. The molecule has 1 fully saturated rings. The number of thioether (sulfide) groups is 1. The summed E-state index contributed by atoms with van der Waals surface area (Å²) in [6.07, 6.45) is 1.40. The fraction of sp³-hybridized carbons (Fsp3) is 0.476. The first-order valence-corrected chi connectivity index (χ1v) is 10.2. The number of hydrogen-bond acceptors (Lipinski definition) is 6. The lowest BCUT2D eigenvalue weighted by Crippen LogP contribution is -2.35.